The van der Waals surface area contributed by atoms with Gasteiger partial charge in [-0.1, -0.05) is 41.2 Å². The van der Waals surface area contributed by atoms with E-state index in [2.05, 4.69) is 25.6 Å². The predicted molar refractivity (Wildman–Crippen MR) is 86.4 cm³/mol. The van der Waals surface area contributed by atoms with Gasteiger partial charge in [-0.3, -0.25) is 4.79 Å². The summed E-state index contributed by atoms with van der Waals surface area (Å²) in [5, 5.41) is 15.8. The highest BCUT2D eigenvalue weighted by molar-refractivity contribution is 7.13. The van der Waals surface area contributed by atoms with Gasteiger partial charge < -0.3 is 5.32 Å². The number of rotatable bonds is 5. The van der Waals surface area contributed by atoms with Crippen molar-refractivity contribution in [2.45, 2.75) is 20.0 Å². The molecule has 0 radical (unpaired) electrons. The summed E-state index contributed by atoms with van der Waals surface area (Å²) >= 11 is 6.87. The minimum atomic E-state index is -0.244. The zero-order valence-electron chi connectivity index (χ0n) is 12.2. The first-order chi connectivity index (χ1) is 11.1. The van der Waals surface area contributed by atoms with Crippen LogP contribution in [0.3, 0.4) is 0 Å². The van der Waals surface area contributed by atoms with Gasteiger partial charge in [-0.15, -0.1) is 15.3 Å². The fourth-order valence-electron chi connectivity index (χ4n) is 1.86. The zero-order valence-corrected chi connectivity index (χ0v) is 13.8. The Labute approximate surface area is 141 Å². The standard InChI is InChI=1S/C14H13ClN6OS/c1-9-2-4-10(5-3-9)6-16-12(22)13-19-18-11(23-13)7-21-8-17-14(15)20-21/h2-5,8H,6-7H2,1H3,(H,16,22). The van der Waals surface area contributed by atoms with Gasteiger partial charge in [0, 0.05) is 6.54 Å². The lowest BCUT2D eigenvalue weighted by molar-refractivity contribution is 0.0950. The molecule has 0 aliphatic carbocycles. The molecule has 0 atom stereocenters. The van der Waals surface area contributed by atoms with Crippen LogP contribution in [0, 0.1) is 6.92 Å². The second-order valence-electron chi connectivity index (χ2n) is 4.88. The van der Waals surface area contributed by atoms with Gasteiger partial charge in [0.2, 0.25) is 10.3 Å². The van der Waals surface area contributed by atoms with E-state index in [-0.39, 0.29) is 11.2 Å². The molecule has 3 aromatic rings. The molecule has 3 rings (SSSR count). The summed E-state index contributed by atoms with van der Waals surface area (Å²) in [6.07, 6.45) is 1.50. The number of nitrogens with one attached hydrogen (secondary N) is 1. The molecular weight excluding hydrogens is 336 g/mol. The maximum absolute atomic E-state index is 12.1. The van der Waals surface area contributed by atoms with Gasteiger partial charge in [0.25, 0.3) is 5.91 Å². The van der Waals surface area contributed by atoms with Crippen LogP contribution in [0.2, 0.25) is 5.28 Å². The molecule has 0 spiro atoms. The van der Waals surface area contributed by atoms with Crippen molar-refractivity contribution >= 4 is 28.8 Å². The Morgan fingerprint density at radius 1 is 1.30 bits per heavy atom. The molecule has 9 heteroatoms. The number of aromatic nitrogens is 5. The number of hydrogen-bond donors (Lipinski definition) is 1. The summed E-state index contributed by atoms with van der Waals surface area (Å²) in [5.74, 6) is -0.244. The van der Waals surface area contributed by atoms with E-state index >= 15 is 0 Å². The monoisotopic (exact) mass is 348 g/mol. The summed E-state index contributed by atoms with van der Waals surface area (Å²) in [5.41, 5.74) is 2.22. The minimum Gasteiger partial charge on any atom is -0.346 e. The van der Waals surface area contributed by atoms with E-state index in [0.717, 1.165) is 5.56 Å². The maximum Gasteiger partial charge on any atom is 0.282 e. The highest BCUT2D eigenvalue weighted by atomic mass is 35.5. The van der Waals surface area contributed by atoms with Gasteiger partial charge in [-0.05, 0) is 24.1 Å². The van der Waals surface area contributed by atoms with Crippen LogP contribution in [0.25, 0.3) is 0 Å². The molecule has 2 heterocycles. The van der Waals surface area contributed by atoms with Crippen molar-refractivity contribution in [3.8, 4) is 0 Å². The number of carbonyl (C=O) groups excluding carboxylic acids is 1. The highest BCUT2D eigenvalue weighted by Crippen LogP contribution is 2.12. The van der Waals surface area contributed by atoms with Crippen LogP contribution in [0.5, 0.6) is 0 Å². The third-order valence-electron chi connectivity index (χ3n) is 3.04. The van der Waals surface area contributed by atoms with Crippen LogP contribution in [0.4, 0.5) is 0 Å². The van der Waals surface area contributed by atoms with E-state index in [1.165, 1.54) is 27.9 Å². The first-order valence-corrected chi connectivity index (χ1v) is 8.00. The second-order valence-corrected chi connectivity index (χ2v) is 6.28. The number of carbonyl (C=O) groups is 1. The van der Waals surface area contributed by atoms with Crippen molar-refractivity contribution in [1.82, 2.24) is 30.3 Å². The van der Waals surface area contributed by atoms with Gasteiger partial charge >= 0.3 is 0 Å². The molecule has 7 nitrogen and oxygen atoms in total. The minimum absolute atomic E-state index is 0.172. The average molecular weight is 349 g/mol. The number of amides is 1. The van der Waals surface area contributed by atoms with Crippen LogP contribution >= 0.6 is 22.9 Å². The van der Waals surface area contributed by atoms with Crippen molar-refractivity contribution in [1.29, 1.82) is 0 Å². The first kappa shape index (κ1) is 15.6. The molecule has 0 saturated heterocycles. The zero-order chi connectivity index (χ0) is 16.2. The molecule has 118 valence electrons. The molecule has 0 aliphatic heterocycles. The SMILES string of the molecule is Cc1ccc(CNC(=O)c2nnc(Cn3cnc(Cl)n3)s2)cc1. The fourth-order valence-corrected chi connectivity index (χ4v) is 2.75. The lowest BCUT2D eigenvalue weighted by Gasteiger charge is -2.03. The fraction of sp³-hybridized carbons (Fsp3) is 0.214. The summed E-state index contributed by atoms with van der Waals surface area (Å²) in [6.45, 7) is 2.85. The van der Waals surface area contributed by atoms with Crippen LogP contribution in [-0.4, -0.2) is 30.9 Å². The lowest BCUT2D eigenvalue weighted by Crippen LogP contribution is -2.22. The van der Waals surface area contributed by atoms with E-state index in [0.29, 0.717) is 23.1 Å². The lowest BCUT2D eigenvalue weighted by atomic mass is 10.1. The maximum atomic E-state index is 12.1. The molecule has 0 aliphatic rings. The number of aryl methyl sites for hydroxylation is 1. The van der Waals surface area contributed by atoms with Gasteiger partial charge in [-0.2, -0.15) is 0 Å². The normalized spacial score (nSPS) is 10.7. The van der Waals surface area contributed by atoms with Gasteiger partial charge in [0.05, 0.1) is 6.54 Å². The van der Waals surface area contributed by atoms with Crippen LogP contribution in [-0.2, 0) is 13.1 Å². The Morgan fingerprint density at radius 2 is 2.09 bits per heavy atom. The summed E-state index contributed by atoms with van der Waals surface area (Å²) < 4.78 is 1.54. The summed E-state index contributed by atoms with van der Waals surface area (Å²) in [4.78, 5) is 15.9. The van der Waals surface area contributed by atoms with Crippen molar-refractivity contribution in [2.75, 3.05) is 0 Å². The first-order valence-electron chi connectivity index (χ1n) is 6.81. The van der Waals surface area contributed by atoms with Gasteiger partial charge in [0.15, 0.2) is 0 Å². The van der Waals surface area contributed by atoms with E-state index in [4.69, 9.17) is 11.6 Å². The molecule has 0 unspecified atom stereocenters. The van der Waals surface area contributed by atoms with E-state index in [9.17, 15) is 4.79 Å². The van der Waals surface area contributed by atoms with Crippen LogP contribution in [0.1, 0.15) is 25.9 Å². The quantitative estimate of drug-likeness (QED) is 0.762. The third kappa shape index (κ3) is 4.11. The Bertz CT molecular complexity index is 813. The Balaban J connectivity index is 1.58. The third-order valence-corrected chi connectivity index (χ3v) is 4.12. The number of hydrogen-bond acceptors (Lipinski definition) is 6. The average Bonchev–Trinajstić information content (AvgIpc) is 3.16. The van der Waals surface area contributed by atoms with E-state index in [1.54, 1.807) is 0 Å². The van der Waals surface area contributed by atoms with Crippen molar-refractivity contribution in [2.24, 2.45) is 0 Å². The summed E-state index contributed by atoms with van der Waals surface area (Å²) in [7, 11) is 0. The topological polar surface area (TPSA) is 85.6 Å². The van der Waals surface area contributed by atoms with Crippen molar-refractivity contribution in [3.05, 3.63) is 57.0 Å². The van der Waals surface area contributed by atoms with E-state index in [1.807, 2.05) is 31.2 Å². The molecule has 0 saturated carbocycles. The molecule has 23 heavy (non-hydrogen) atoms. The van der Waals surface area contributed by atoms with Crippen molar-refractivity contribution in [3.63, 3.8) is 0 Å². The highest BCUT2D eigenvalue weighted by Gasteiger charge is 2.13. The van der Waals surface area contributed by atoms with Crippen molar-refractivity contribution < 1.29 is 4.79 Å². The number of nitrogens with zero attached hydrogens (tertiary/aromatic N) is 5. The molecule has 1 N–H and O–H groups in total. The molecule has 0 bridgehead atoms. The molecule has 1 aromatic carbocycles. The molecule has 0 fully saturated rings. The van der Waals surface area contributed by atoms with E-state index < -0.39 is 0 Å². The molecular formula is C14H13ClN6OS. The summed E-state index contributed by atoms with van der Waals surface area (Å²) in [6, 6.07) is 7.98. The van der Waals surface area contributed by atoms with Crippen LogP contribution in [0.15, 0.2) is 30.6 Å². The molecule has 1 amide bonds. The molecule has 2 aromatic heterocycles. The Kier molecular flexibility index (Phi) is 4.63. The second kappa shape index (κ2) is 6.84. The smallest absolute Gasteiger partial charge is 0.282 e. The van der Waals surface area contributed by atoms with Gasteiger partial charge in [-0.25, -0.2) is 9.67 Å². The predicted octanol–water partition coefficient (Wildman–Crippen LogP) is 2.07. The largest absolute Gasteiger partial charge is 0.346 e. The van der Waals surface area contributed by atoms with Crippen LogP contribution < -0.4 is 5.32 Å². The van der Waals surface area contributed by atoms with Gasteiger partial charge in [0.1, 0.15) is 11.3 Å². The Hall–Kier alpha value is -2.32. The Morgan fingerprint density at radius 3 is 2.78 bits per heavy atom. The number of halogens is 1. The number of benzene rings is 1.